The number of rotatable bonds is 4. The fourth-order valence-corrected chi connectivity index (χ4v) is 1.01. The van der Waals surface area contributed by atoms with E-state index in [-0.39, 0.29) is 0 Å². The number of hydrogen-bond donors (Lipinski definition) is 2. The van der Waals surface area contributed by atoms with E-state index in [1.807, 2.05) is 0 Å². The summed E-state index contributed by atoms with van der Waals surface area (Å²) in [6.45, 7) is 0. The van der Waals surface area contributed by atoms with E-state index in [1.54, 1.807) is 30.3 Å². The average molecular weight is 207 g/mol. The second-order valence-electron chi connectivity index (χ2n) is 2.83. The maximum atomic E-state index is 11.4. The van der Waals surface area contributed by atoms with Crippen molar-refractivity contribution in [3.05, 3.63) is 35.9 Å². The van der Waals surface area contributed by atoms with Gasteiger partial charge in [-0.2, -0.15) is 0 Å². The molecule has 0 unspecified atom stereocenters. The number of ketones is 2. The Labute approximate surface area is 85.7 Å². The molecular formula is C10H9NO4. The molecule has 0 aromatic heterocycles. The van der Waals surface area contributed by atoms with Gasteiger partial charge >= 0.3 is 5.91 Å². The summed E-state index contributed by atoms with van der Waals surface area (Å²) in [5.74, 6) is -2.60. The van der Waals surface area contributed by atoms with Crippen LogP contribution < -0.4 is 5.48 Å². The van der Waals surface area contributed by atoms with Gasteiger partial charge in [0.2, 0.25) is 5.78 Å². The molecule has 15 heavy (non-hydrogen) atoms. The SMILES string of the molecule is O=C(CC(=O)c1ccccc1)C(=O)NO. The Balaban J connectivity index is 2.65. The minimum absolute atomic E-state index is 0.358. The minimum Gasteiger partial charge on any atom is -0.294 e. The lowest BCUT2D eigenvalue weighted by Crippen LogP contribution is -2.29. The predicted molar refractivity (Wildman–Crippen MR) is 50.3 cm³/mol. The Morgan fingerprint density at radius 1 is 1.13 bits per heavy atom. The molecule has 0 spiro atoms. The summed E-state index contributed by atoms with van der Waals surface area (Å²) in [4.78, 5) is 33.0. The zero-order valence-electron chi connectivity index (χ0n) is 7.77. The summed E-state index contributed by atoms with van der Waals surface area (Å²) in [5.41, 5.74) is 1.54. The summed E-state index contributed by atoms with van der Waals surface area (Å²) in [6.07, 6.45) is -0.545. The average Bonchev–Trinajstić information content (AvgIpc) is 2.29. The molecule has 0 heterocycles. The van der Waals surface area contributed by atoms with Gasteiger partial charge in [0.15, 0.2) is 5.78 Å². The summed E-state index contributed by atoms with van der Waals surface area (Å²) in [6, 6.07) is 8.14. The molecule has 1 aromatic carbocycles. The molecule has 2 N–H and O–H groups in total. The molecule has 0 fully saturated rings. The smallest absolute Gasteiger partial charge is 0.294 e. The summed E-state index contributed by atoms with van der Waals surface area (Å²) in [5, 5.41) is 8.16. The quantitative estimate of drug-likeness (QED) is 0.245. The highest BCUT2D eigenvalue weighted by atomic mass is 16.5. The molecule has 0 saturated carbocycles. The van der Waals surface area contributed by atoms with Crippen LogP contribution in [0.4, 0.5) is 0 Å². The van der Waals surface area contributed by atoms with Gasteiger partial charge < -0.3 is 0 Å². The molecule has 0 saturated heterocycles. The Kier molecular flexibility index (Phi) is 3.70. The first-order chi connectivity index (χ1) is 7.15. The van der Waals surface area contributed by atoms with Crippen molar-refractivity contribution >= 4 is 17.5 Å². The van der Waals surface area contributed by atoms with Crippen LogP contribution in [0.25, 0.3) is 0 Å². The highest BCUT2D eigenvalue weighted by Gasteiger charge is 2.17. The van der Waals surface area contributed by atoms with Crippen LogP contribution in [0.15, 0.2) is 30.3 Å². The summed E-state index contributed by atoms with van der Waals surface area (Å²) >= 11 is 0. The van der Waals surface area contributed by atoms with Crippen molar-refractivity contribution in [1.82, 2.24) is 5.48 Å². The van der Waals surface area contributed by atoms with Crippen LogP contribution in [0, 0.1) is 0 Å². The molecule has 0 aliphatic rings. The minimum atomic E-state index is -1.18. The highest BCUT2D eigenvalue weighted by molar-refractivity contribution is 6.39. The number of hydroxylamine groups is 1. The maximum absolute atomic E-state index is 11.4. The number of carbonyl (C=O) groups is 3. The molecular weight excluding hydrogens is 198 g/mol. The molecule has 0 aliphatic heterocycles. The van der Waals surface area contributed by atoms with Crippen molar-refractivity contribution in [2.45, 2.75) is 6.42 Å². The molecule has 0 atom stereocenters. The van der Waals surface area contributed by atoms with Crippen molar-refractivity contribution < 1.29 is 19.6 Å². The topological polar surface area (TPSA) is 83.5 Å². The third-order valence-corrected chi connectivity index (χ3v) is 1.77. The first kappa shape index (κ1) is 11.1. The lowest BCUT2D eigenvalue weighted by Gasteiger charge is -1.98. The normalized spacial score (nSPS) is 9.40. The largest absolute Gasteiger partial charge is 0.311 e. The van der Waals surface area contributed by atoms with Crippen LogP contribution in [0.2, 0.25) is 0 Å². The van der Waals surface area contributed by atoms with E-state index in [2.05, 4.69) is 0 Å². The van der Waals surface area contributed by atoms with Crippen molar-refractivity contribution in [2.24, 2.45) is 0 Å². The Hall–Kier alpha value is -2.01. The molecule has 1 aromatic rings. The standard InChI is InChI=1S/C10H9NO4/c12-8(6-9(13)10(14)11-15)7-4-2-1-3-5-7/h1-5,15H,6H2,(H,11,14). The first-order valence-electron chi connectivity index (χ1n) is 4.20. The number of hydrogen-bond acceptors (Lipinski definition) is 4. The zero-order chi connectivity index (χ0) is 11.3. The van der Waals surface area contributed by atoms with E-state index in [4.69, 9.17) is 5.21 Å². The molecule has 1 amide bonds. The molecule has 5 nitrogen and oxygen atoms in total. The second-order valence-corrected chi connectivity index (χ2v) is 2.83. The first-order valence-corrected chi connectivity index (χ1v) is 4.20. The van der Waals surface area contributed by atoms with E-state index in [0.29, 0.717) is 5.56 Å². The Morgan fingerprint density at radius 3 is 2.27 bits per heavy atom. The van der Waals surface area contributed by atoms with Crippen molar-refractivity contribution in [2.75, 3.05) is 0 Å². The molecule has 5 heteroatoms. The second kappa shape index (κ2) is 5.02. The van der Waals surface area contributed by atoms with E-state index in [1.165, 1.54) is 5.48 Å². The van der Waals surface area contributed by atoms with Crippen molar-refractivity contribution in [3.8, 4) is 0 Å². The van der Waals surface area contributed by atoms with E-state index >= 15 is 0 Å². The van der Waals surface area contributed by atoms with Crippen molar-refractivity contribution in [3.63, 3.8) is 0 Å². The lowest BCUT2D eigenvalue weighted by atomic mass is 10.1. The van der Waals surface area contributed by atoms with Gasteiger partial charge in [-0.25, -0.2) is 5.48 Å². The predicted octanol–water partition coefficient (Wildman–Crippen LogP) is 0.334. The molecule has 0 bridgehead atoms. The van der Waals surface area contributed by atoms with E-state index in [0.717, 1.165) is 0 Å². The van der Waals surface area contributed by atoms with Crippen LogP contribution in [-0.4, -0.2) is 22.7 Å². The number of Topliss-reactive ketones (excluding diaryl/α,β-unsaturated/α-hetero) is 2. The van der Waals surface area contributed by atoms with Gasteiger partial charge in [0.05, 0.1) is 6.42 Å². The number of nitrogens with one attached hydrogen (secondary N) is 1. The van der Waals surface area contributed by atoms with Crippen LogP contribution in [0.1, 0.15) is 16.8 Å². The van der Waals surface area contributed by atoms with Crippen LogP contribution in [0.3, 0.4) is 0 Å². The highest BCUT2D eigenvalue weighted by Crippen LogP contribution is 2.03. The fourth-order valence-electron chi connectivity index (χ4n) is 1.01. The van der Waals surface area contributed by atoms with Crippen LogP contribution in [-0.2, 0) is 9.59 Å². The number of amides is 1. The Morgan fingerprint density at radius 2 is 1.73 bits per heavy atom. The van der Waals surface area contributed by atoms with Crippen LogP contribution in [0.5, 0.6) is 0 Å². The molecule has 0 aliphatic carbocycles. The van der Waals surface area contributed by atoms with Gasteiger partial charge in [-0.15, -0.1) is 0 Å². The third-order valence-electron chi connectivity index (χ3n) is 1.77. The van der Waals surface area contributed by atoms with Gasteiger partial charge in [0.1, 0.15) is 0 Å². The number of benzene rings is 1. The van der Waals surface area contributed by atoms with Gasteiger partial charge in [0, 0.05) is 5.56 Å². The lowest BCUT2D eigenvalue weighted by molar-refractivity contribution is -0.142. The van der Waals surface area contributed by atoms with Crippen LogP contribution >= 0.6 is 0 Å². The summed E-state index contributed by atoms with van der Waals surface area (Å²) in [7, 11) is 0. The van der Waals surface area contributed by atoms with Gasteiger partial charge in [0.25, 0.3) is 0 Å². The fraction of sp³-hybridized carbons (Fsp3) is 0.100. The third kappa shape index (κ3) is 2.99. The monoisotopic (exact) mass is 207 g/mol. The zero-order valence-corrected chi connectivity index (χ0v) is 7.77. The number of carbonyl (C=O) groups excluding carboxylic acids is 3. The summed E-state index contributed by atoms with van der Waals surface area (Å²) < 4.78 is 0. The van der Waals surface area contributed by atoms with Gasteiger partial charge in [-0.05, 0) is 0 Å². The molecule has 78 valence electrons. The van der Waals surface area contributed by atoms with Gasteiger partial charge in [-0.1, -0.05) is 30.3 Å². The Bertz CT molecular complexity index is 386. The molecule has 0 radical (unpaired) electrons. The molecule has 1 rings (SSSR count). The van der Waals surface area contributed by atoms with Gasteiger partial charge in [-0.3, -0.25) is 19.6 Å². The van der Waals surface area contributed by atoms with E-state index in [9.17, 15) is 14.4 Å². The van der Waals surface area contributed by atoms with Crippen molar-refractivity contribution in [1.29, 1.82) is 0 Å². The van der Waals surface area contributed by atoms with E-state index < -0.39 is 23.9 Å². The maximum Gasteiger partial charge on any atom is 0.311 e.